The van der Waals surface area contributed by atoms with E-state index in [-0.39, 0.29) is 166 Å². The summed E-state index contributed by atoms with van der Waals surface area (Å²) in [5.74, 6) is -13.4. The number of hydrogen-bond acceptors (Lipinski definition) is 20. The zero-order chi connectivity index (χ0) is 77.7. The molecular weight excluding hydrogens is 1450 g/mol. The Bertz CT molecular complexity index is 3610. The van der Waals surface area contributed by atoms with Gasteiger partial charge in [0, 0.05) is 138 Å². The average molecular weight is 1550 g/mol. The number of amides is 10. The second-order valence-electron chi connectivity index (χ2n) is 25.7. The third kappa shape index (κ3) is 34.0. The third-order valence-corrected chi connectivity index (χ3v) is 17.1. The molecule has 1 saturated heterocycles. The molecule has 1 aliphatic heterocycles. The molecule has 0 saturated carbocycles. The van der Waals surface area contributed by atoms with Crippen molar-refractivity contribution in [1.29, 1.82) is 0 Å². The van der Waals surface area contributed by atoms with E-state index in [2.05, 4.69) is 67.8 Å². The summed E-state index contributed by atoms with van der Waals surface area (Å²) in [5.41, 5.74) is 19.0. The molecule has 7 atom stereocenters. The first-order chi connectivity index (χ1) is 50.5. The Hall–Kier alpha value is -10.6. The fourth-order valence-electron chi connectivity index (χ4n) is 11.6. The van der Waals surface area contributed by atoms with Crippen LogP contribution in [0, 0.1) is 0 Å². The number of rotatable bonds is 44. The Morgan fingerprint density at radius 3 is 1.51 bits per heavy atom. The van der Waals surface area contributed by atoms with Gasteiger partial charge in [-0.2, -0.15) is 0 Å². The number of para-hydroxylation sites is 1. The maximum Gasteiger partial charge on any atom is 0.317 e. The number of benzene rings is 2. The van der Waals surface area contributed by atoms with Crippen molar-refractivity contribution < 1.29 is 105 Å². The van der Waals surface area contributed by atoms with Gasteiger partial charge in [-0.15, -0.1) is 0 Å². The van der Waals surface area contributed by atoms with Crippen LogP contribution in [0.1, 0.15) is 88.5 Å². The smallest absolute Gasteiger partial charge is 0.317 e. The van der Waals surface area contributed by atoms with Crippen molar-refractivity contribution in [3.05, 3.63) is 90.1 Å². The molecular formula is C68H100CuN20O18. The second-order valence-corrected chi connectivity index (χ2v) is 25.7. The van der Waals surface area contributed by atoms with E-state index in [4.69, 9.17) is 17.2 Å². The standard InChI is InChI=1S/C68H100N20O18.Cu/c1-3-4-16-49(78-42(2)89)63(102)84-54(33-57(92)93)67(106)83-53(32-45-35-72-41-77-45)66(105)81-51(30-43-13-6-5-7-14-43)65(104)80-50(19-12-21-74-68(70)71)64(103)82-52(31-44-34-75-47-17-9-8-15-46(44)47)62(101)76-36-55(90)79-48(61(69)100)18-10-11-20-73-56(91)37-85-22-24-86(38-58(94)95)26-28-88(40-60(98)99)29-27-87(25-23-85)39-59(96)97;/h5-9,13-15,17,34-35,41,48-54,75H,3-4,10-12,16,18-33,36-40H2,1-2H3,(H2,69,100)(H,72,77)(H,73,91)(H,76,101)(H,78,89)(H,79,90)(H,80,104)(H,81,105)(H,82,103)(H,83,106)(H,84,102)(H,92,93)(H,94,95)(H,96,97)(H,98,99)(H4,70,71,74);/t48-,49+,50+,51+,52+,53-,54+;/m1./s1/i;1+0. The Labute approximate surface area is 627 Å². The SMILES string of the molecule is CCCC[C@H](NC(C)=O)C(=O)N[C@@H](CC(=O)O)C(=O)N[C@H](Cc1cnc[nH]1)C(=O)N[C@@H](Cc1ccccc1)C(=O)N[C@@H](CCCN=C(N)N)C(=O)N[C@@H](Cc1c[nH]c2ccccc12)C(=O)NCC(=O)N[C@H](CCCCNC(=O)CN1CCN(CC(=O)O)CCN(CC(=O)O)CCN(CC(=O)O)CC1)C(N)=O.[64Cu]. The molecule has 0 unspecified atom stereocenters. The van der Waals surface area contributed by atoms with E-state index >= 15 is 0 Å². The van der Waals surface area contributed by atoms with E-state index in [1.165, 1.54) is 19.4 Å². The fraction of sp³-hybridized carbons (Fsp3) is 0.529. The van der Waals surface area contributed by atoms with Gasteiger partial charge in [0.2, 0.25) is 59.1 Å². The number of nitrogens with zero attached hydrogens (tertiary/aromatic N) is 6. The van der Waals surface area contributed by atoms with Crippen LogP contribution < -0.4 is 65.1 Å². The van der Waals surface area contributed by atoms with Gasteiger partial charge in [0.15, 0.2) is 5.96 Å². The van der Waals surface area contributed by atoms with E-state index in [1.807, 2.05) is 6.92 Å². The molecule has 0 aliphatic carbocycles. The Kier molecular flexibility index (Phi) is 39.1. The van der Waals surface area contributed by atoms with E-state index in [9.17, 15) is 87.5 Å². The van der Waals surface area contributed by atoms with E-state index in [1.54, 1.807) is 80.4 Å². The number of carbonyl (C=O) groups is 14. The first kappa shape index (κ1) is 88.8. The first-order valence-electron chi connectivity index (χ1n) is 34.9. The molecule has 0 bridgehead atoms. The predicted octanol–water partition coefficient (Wildman–Crippen LogP) is -4.59. The number of carboxylic acids is 4. The van der Waals surface area contributed by atoms with Crippen LogP contribution in [0.3, 0.4) is 0 Å². The zero-order valence-electron chi connectivity index (χ0n) is 59.8. The summed E-state index contributed by atoms with van der Waals surface area (Å²) >= 11 is 0. The number of nitrogens with two attached hydrogens (primary N) is 3. The van der Waals surface area contributed by atoms with Gasteiger partial charge >= 0.3 is 23.9 Å². The van der Waals surface area contributed by atoms with Crippen LogP contribution in [0.2, 0.25) is 0 Å². The molecule has 5 rings (SSSR count). The summed E-state index contributed by atoms with van der Waals surface area (Å²) in [6.07, 6.45) is 4.38. The van der Waals surface area contributed by atoms with Gasteiger partial charge in [-0.05, 0) is 55.7 Å². The molecule has 1 radical (unpaired) electrons. The average Bonchev–Trinajstić information content (AvgIpc) is 1.61. The van der Waals surface area contributed by atoms with Crippen LogP contribution in [0.25, 0.3) is 10.9 Å². The molecule has 38 nitrogen and oxygen atoms in total. The Balaban J connectivity index is 0.0000242. The number of primary amides is 1. The molecule has 21 N–H and O–H groups in total. The molecule has 591 valence electrons. The number of imidazole rings is 1. The molecule has 2 aromatic carbocycles. The molecule has 107 heavy (non-hydrogen) atoms. The monoisotopic (exact) mass is 1550 g/mol. The molecule has 1 fully saturated rings. The van der Waals surface area contributed by atoms with Gasteiger partial charge in [-0.3, -0.25) is 91.7 Å². The van der Waals surface area contributed by atoms with Crippen molar-refractivity contribution in [2.24, 2.45) is 22.2 Å². The van der Waals surface area contributed by atoms with Crippen molar-refractivity contribution in [1.82, 2.24) is 82.4 Å². The number of aliphatic imine (C=N–C) groups is 1. The molecule has 1 aliphatic rings. The number of unbranched alkanes of at least 4 members (excludes halogenated alkanes) is 2. The van der Waals surface area contributed by atoms with Crippen LogP contribution in [0.4, 0.5) is 0 Å². The number of fused-ring (bicyclic) bond motifs is 1. The molecule has 4 aromatic rings. The minimum absolute atomic E-state index is 0. The second kappa shape index (κ2) is 47.1. The van der Waals surface area contributed by atoms with E-state index in [0.29, 0.717) is 47.0 Å². The number of carbonyl (C=O) groups excluding carboxylic acids is 10. The summed E-state index contributed by atoms with van der Waals surface area (Å²) in [6.45, 7) is 2.87. The number of aliphatic carboxylic acids is 4. The van der Waals surface area contributed by atoms with Crippen LogP contribution in [-0.4, -0.2) is 284 Å². The number of hydrogen-bond donors (Lipinski definition) is 18. The molecule has 10 amide bonds. The van der Waals surface area contributed by atoms with Gasteiger partial charge in [-0.25, -0.2) is 4.98 Å². The predicted molar refractivity (Wildman–Crippen MR) is 383 cm³/mol. The maximum absolute atomic E-state index is 14.9. The van der Waals surface area contributed by atoms with Gasteiger partial charge in [0.05, 0.1) is 45.5 Å². The quantitative estimate of drug-likeness (QED) is 0.00858. The molecule has 0 spiro atoms. The van der Waals surface area contributed by atoms with Gasteiger partial charge < -0.3 is 95.4 Å². The number of aromatic nitrogens is 3. The fourth-order valence-corrected chi connectivity index (χ4v) is 11.6. The van der Waals surface area contributed by atoms with Gasteiger partial charge in [0.1, 0.15) is 42.3 Å². The summed E-state index contributed by atoms with van der Waals surface area (Å²) in [5, 5.41) is 62.6. The molecule has 3 heterocycles. The molecule has 39 heteroatoms. The van der Waals surface area contributed by atoms with Crippen molar-refractivity contribution in [2.75, 3.05) is 98.2 Å². The summed E-state index contributed by atoms with van der Waals surface area (Å²) < 4.78 is 0. The Morgan fingerprint density at radius 2 is 0.991 bits per heavy atom. The number of nitrogens with one attached hydrogen (secondary N) is 11. The first-order valence-corrected chi connectivity index (χ1v) is 34.9. The van der Waals surface area contributed by atoms with Gasteiger partial charge in [-0.1, -0.05) is 68.3 Å². The summed E-state index contributed by atoms with van der Waals surface area (Å²) in [7, 11) is 0. The number of guanidine groups is 1. The topological polar surface area (TPSA) is 576 Å². The number of aromatic amines is 2. The third-order valence-electron chi connectivity index (χ3n) is 17.1. The van der Waals surface area contributed by atoms with Crippen molar-refractivity contribution in [2.45, 2.75) is 133 Å². The summed E-state index contributed by atoms with van der Waals surface area (Å²) in [4.78, 5) is 206. The largest absolute Gasteiger partial charge is 0.481 e. The van der Waals surface area contributed by atoms with E-state index in [0.717, 1.165) is 0 Å². The van der Waals surface area contributed by atoms with Gasteiger partial charge in [0.25, 0.3) is 0 Å². The van der Waals surface area contributed by atoms with Crippen LogP contribution >= 0.6 is 0 Å². The van der Waals surface area contributed by atoms with Crippen LogP contribution in [0.15, 0.2) is 78.3 Å². The van der Waals surface area contributed by atoms with Crippen LogP contribution in [0.5, 0.6) is 0 Å². The van der Waals surface area contributed by atoms with Crippen LogP contribution in [-0.2, 0) is 103 Å². The summed E-state index contributed by atoms with van der Waals surface area (Å²) in [6, 6.07) is 5.24. The van der Waals surface area contributed by atoms with Crippen molar-refractivity contribution >= 4 is 99.8 Å². The van der Waals surface area contributed by atoms with Crippen molar-refractivity contribution in [3.8, 4) is 0 Å². The number of carboxylic acid groups (broad SMARTS) is 4. The maximum atomic E-state index is 14.9. The zero-order valence-corrected chi connectivity index (χ0v) is 60.7. The normalized spacial score (nSPS) is 15.2. The number of H-pyrrole nitrogens is 2. The van der Waals surface area contributed by atoms with Crippen molar-refractivity contribution in [3.63, 3.8) is 0 Å². The minimum Gasteiger partial charge on any atom is -0.481 e. The van der Waals surface area contributed by atoms with E-state index < -0.39 is 138 Å². The minimum atomic E-state index is -1.77. The molecule has 2 aromatic heterocycles. The Morgan fingerprint density at radius 1 is 0.505 bits per heavy atom.